The van der Waals surface area contributed by atoms with Gasteiger partial charge in [0.15, 0.2) is 12.3 Å². The smallest absolute Gasteiger partial charge is 0.416 e. The van der Waals surface area contributed by atoms with Gasteiger partial charge in [0.1, 0.15) is 5.69 Å². The molecular weight excluding hydrogens is 573 g/mol. The topological polar surface area (TPSA) is 87.9 Å². The van der Waals surface area contributed by atoms with Gasteiger partial charge in [-0.3, -0.25) is 14.7 Å². The average molecular weight is 600 g/mol. The Kier molecular flexibility index (Phi) is 8.84. The minimum Gasteiger partial charge on any atom is -0.471 e. The minimum absolute atomic E-state index is 0.00221. The molecule has 0 radical (unpaired) electrons. The molecule has 0 bridgehead atoms. The second-order valence-corrected chi connectivity index (χ2v) is 9.90. The Hall–Kier alpha value is -4.61. The van der Waals surface area contributed by atoms with Gasteiger partial charge in [-0.05, 0) is 42.8 Å². The molecule has 0 atom stereocenters. The molecule has 3 aromatic heterocycles. The van der Waals surface area contributed by atoms with E-state index in [9.17, 15) is 26.7 Å². The van der Waals surface area contributed by atoms with Crippen LogP contribution >= 0.6 is 0 Å². The van der Waals surface area contributed by atoms with E-state index < -0.39 is 30.7 Å². The number of alkyl halides is 5. The molecule has 0 saturated carbocycles. The number of pyridine rings is 1. The first-order valence-electron chi connectivity index (χ1n) is 13.2. The van der Waals surface area contributed by atoms with Gasteiger partial charge in [0.25, 0.3) is 12.3 Å². The summed E-state index contributed by atoms with van der Waals surface area (Å²) in [7, 11) is 1.97. The molecule has 0 spiro atoms. The van der Waals surface area contributed by atoms with E-state index in [1.807, 2.05) is 11.9 Å². The highest BCUT2D eigenvalue weighted by Gasteiger charge is 2.34. The summed E-state index contributed by atoms with van der Waals surface area (Å²) in [5.74, 6) is 4.98. The van der Waals surface area contributed by atoms with Crippen LogP contribution in [0, 0.1) is 11.8 Å². The van der Waals surface area contributed by atoms with Gasteiger partial charge >= 0.3 is 6.18 Å². The minimum atomic E-state index is -4.60. The molecule has 9 nitrogen and oxygen atoms in total. The number of imidazole rings is 1. The largest absolute Gasteiger partial charge is 0.471 e. The number of ether oxygens (including phenoxy) is 1. The standard InChI is InChI=1S/C29H26F5N7O2/c1-39-8-10-40(11-9-39)17-20-3-4-22(13-24(20)29(32,33)34)37-28(42)21-12-19(14-35-15-21)2-5-23-16-36-26-6-7-27(38-41(23)26)43-18-25(30)31/h3-4,6-7,12-16,25H,8-11,17-18H2,1H3,(H,37,42). The molecule has 224 valence electrons. The second kappa shape index (κ2) is 12.7. The molecule has 0 aliphatic carbocycles. The summed E-state index contributed by atoms with van der Waals surface area (Å²) in [6, 6.07) is 8.17. The van der Waals surface area contributed by atoms with E-state index in [2.05, 4.69) is 37.1 Å². The first kappa shape index (κ1) is 29.9. The SMILES string of the molecule is CN1CCN(Cc2ccc(NC(=O)c3cncc(C#Cc4cnc5ccc(OCC(F)F)nn45)c3)cc2C(F)(F)F)CC1. The predicted molar refractivity (Wildman–Crippen MR) is 147 cm³/mol. The van der Waals surface area contributed by atoms with Crippen molar-refractivity contribution in [1.82, 2.24) is 29.4 Å². The molecule has 1 aliphatic heterocycles. The Balaban J connectivity index is 1.31. The van der Waals surface area contributed by atoms with Gasteiger partial charge in [0.2, 0.25) is 5.88 Å². The van der Waals surface area contributed by atoms with Gasteiger partial charge < -0.3 is 15.0 Å². The zero-order chi connectivity index (χ0) is 30.6. The summed E-state index contributed by atoms with van der Waals surface area (Å²) < 4.78 is 73.0. The number of hydrogen-bond donors (Lipinski definition) is 1. The maximum atomic E-state index is 13.9. The number of hydrogen-bond acceptors (Lipinski definition) is 7. The molecule has 1 aliphatic rings. The number of fused-ring (bicyclic) bond motifs is 1. The Morgan fingerprint density at radius 3 is 2.58 bits per heavy atom. The van der Waals surface area contributed by atoms with E-state index in [-0.39, 0.29) is 29.2 Å². The van der Waals surface area contributed by atoms with Crippen LogP contribution < -0.4 is 10.1 Å². The number of amides is 1. The van der Waals surface area contributed by atoms with Crippen molar-refractivity contribution in [1.29, 1.82) is 0 Å². The lowest BCUT2D eigenvalue weighted by Crippen LogP contribution is -2.44. The van der Waals surface area contributed by atoms with Crippen LogP contribution in [0.25, 0.3) is 5.65 Å². The normalized spacial score (nSPS) is 14.5. The van der Waals surface area contributed by atoms with Crippen molar-refractivity contribution in [3.05, 3.63) is 82.9 Å². The van der Waals surface area contributed by atoms with Crippen molar-refractivity contribution < 1.29 is 31.5 Å². The highest BCUT2D eigenvalue weighted by Crippen LogP contribution is 2.34. The molecule has 4 heterocycles. The third kappa shape index (κ3) is 7.62. The Labute approximate surface area is 243 Å². The van der Waals surface area contributed by atoms with Crippen LogP contribution in [-0.4, -0.2) is 81.5 Å². The number of carbonyl (C=O) groups excluding carboxylic acids is 1. The number of rotatable bonds is 7. The number of piperazine rings is 1. The maximum absolute atomic E-state index is 13.9. The van der Waals surface area contributed by atoms with Gasteiger partial charge in [0, 0.05) is 62.4 Å². The van der Waals surface area contributed by atoms with Crippen LogP contribution in [0.15, 0.2) is 55.0 Å². The summed E-state index contributed by atoms with van der Waals surface area (Å²) in [5, 5.41) is 6.63. The molecule has 1 fully saturated rings. The molecule has 43 heavy (non-hydrogen) atoms. The Bertz CT molecular complexity index is 1670. The fourth-order valence-electron chi connectivity index (χ4n) is 4.44. The van der Waals surface area contributed by atoms with E-state index in [1.165, 1.54) is 53.4 Å². The summed E-state index contributed by atoms with van der Waals surface area (Å²) in [5.41, 5.74) is 0.496. The van der Waals surface area contributed by atoms with Crippen LogP contribution in [0.5, 0.6) is 5.88 Å². The fraction of sp³-hybridized carbons (Fsp3) is 0.310. The van der Waals surface area contributed by atoms with Crippen molar-refractivity contribution in [3.63, 3.8) is 0 Å². The van der Waals surface area contributed by atoms with Crippen LogP contribution in [0.3, 0.4) is 0 Å². The van der Waals surface area contributed by atoms with Crippen molar-refractivity contribution in [2.45, 2.75) is 19.1 Å². The molecule has 1 aromatic carbocycles. The number of halogens is 5. The highest BCUT2D eigenvalue weighted by atomic mass is 19.4. The summed E-state index contributed by atoms with van der Waals surface area (Å²) in [6.45, 7) is 2.25. The van der Waals surface area contributed by atoms with Crippen LogP contribution in [0.2, 0.25) is 0 Å². The number of anilines is 1. The number of carbonyl (C=O) groups is 1. The summed E-state index contributed by atoms with van der Waals surface area (Å²) in [6.07, 6.45) is -3.14. The Morgan fingerprint density at radius 1 is 1.05 bits per heavy atom. The van der Waals surface area contributed by atoms with Crippen LogP contribution in [-0.2, 0) is 12.7 Å². The van der Waals surface area contributed by atoms with Crippen molar-refractivity contribution >= 4 is 17.2 Å². The molecule has 5 rings (SSSR count). The lowest BCUT2D eigenvalue weighted by Gasteiger charge is -2.33. The van der Waals surface area contributed by atoms with E-state index in [0.717, 1.165) is 19.2 Å². The molecule has 1 saturated heterocycles. The zero-order valence-corrected chi connectivity index (χ0v) is 22.9. The van der Waals surface area contributed by atoms with Crippen molar-refractivity contribution in [2.24, 2.45) is 0 Å². The molecule has 1 N–H and O–H groups in total. The lowest BCUT2D eigenvalue weighted by atomic mass is 10.0. The van der Waals surface area contributed by atoms with E-state index in [0.29, 0.717) is 30.0 Å². The van der Waals surface area contributed by atoms with E-state index in [4.69, 9.17) is 4.74 Å². The van der Waals surface area contributed by atoms with Gasteiger partial charge in [-0.25, -0.2) is 18.3 Å². The lowest BCUT2D eigenvalue weighted by molar-refractivity contribution is -0.138. The van der Waals surface area contributed by atoms with E-state index in [1.54, 1.807) is 0 Å². The average Bonchev–Trinajstić information content (AvgIpc) is 3.38. The third-order valence-corrected chi connectivity index (χ3v) is 6.69. The van der Waals surface area contributed by atoms with Crippen molar-refractivity contribution in [3.8, 4) is 17.7 Å². The monoisotopic (exact) mass is 599 g/mol. The van der Waals surface area contributed by atoms with Crippen molar-refractivity contribution in [2.75, 3.05) is 45.2 Å². The molecular formula is C29H26F5N7O2. The highest BCUT2D eigenvalue weighted by molar-refractivity contribution is 6.04. The van der Waals surface area contributed by atoms with Gasteiger partial charge in [-0.1, -0.05) is 12.0 Å². The first-order chi connectivity index (χ1) is 20.5. The van der Waals surface area contributed by atoms with E-state index >= 15 is 0 Å². The molecule has 14 heteroatoms. The number of aromatic nitrogens is 4. The number of nitrogens with one attached hydrogen (secondary N) is 1. The van der Waals surface area contributed by atoms with Crippen LogP contribution in [0.4, 0.5) is 27.6 Å². The predicted octanol–water partition coefficient (Wildman–Crippen LogP) is 4.19. The third-order valence-electron chi connectivity index (χ3n) is 6.69. The van der Waals surface area contributed by atoms with Gasteiger partial charge in [-0.15, -0.1) is 5.10 Å². The Morgan fingerprint density at radius 2 is 1.84 bits per heavy atom. The maximum Gasteiger partial charge on any atom is 0.416 e. The number of likely N-dealkylation sites (N-methyl/N-ethyl adjacent to an activating group) is 1. The van der Waals surface area contributed by atoms with Gasteiger partial charge in [-0.2, -0.15) is 13.2 Å². The molecule has 4 aromatic rings. The molecule has 0 unspecified atom stereocenters. The first-order valence-corrected chi connectivity index (χ1v) is 13.2. The second-order valence-electron chi connectivity index (χ2n) is 9.90. The summed E-state index contributed by atoms with van der Waals surface area (Å²) in [4.78, 5) is 25.2. The zero-order valence-electron chi connectivity index (χ0n) is 22.9. The number of benzene rings is 1. The van der Waals surface area contributed by atoms with Gasteiger partial charge in [0.05, 0.1) is 17.3 Å². The fourth-order valence-corrected chi connectivity index (χ4v) is 4.44. The quantitative estimate of drug-likeness (QED) is 0.252. The number of nitrogens with zero attached hydrogens (tertiary/aromatic N) is 6. The molecule has 1 amide bonds. The summed E-state index contributed by atoms with van der Waals surface area (Å²) >= 11 is 0. The van der Waals surface area contributed by atoms with Crippen LogP contribution in [0.1, 0.15) is 32.7 Å².